The third kappa shape index (κ3) is 3.60. The van der Waals surface area contributed by atoms with Crippen molar-refractivity contribution < 1.29 is 19.1 Å². The fourth-order valence-corrected chi connectivity index (χ4v) is 2.91. The van der Waals surface area contributed by atoms with Crippen LogP contribution < -0.4 is 14.8 Å². The molecule has 1 N–H and O–H groups in total. The fourth-order valence-electron chi connectivity index (χ4n) is 1.65. The molecule has 1 fully saturated rings. The Morgan fingerprint density at radius 2 is 2.24 bits per heavy atom. The number of methoxy groups -OCH3 is 1. The Kier molecular flexibility index (Phi) is 4.94. The Balaban J connectivity index is 2.37. The molecule has 5 nitrogen and oxygen atoms in total. The highest BCUT2D eigenvalue weighted by Crippen LogP contribution is 2.38. The molecule has 21 heavy (non-hydrogen) atoms. The van der Waals surface area contributed by atoms with Crippen LogP contribution in [0.25, 0.3) is 6.08 Å². The van der Waals surface area contributed by atoms with Crippen molar-refractivity contribution in [1.82, 2.24) is 5.32 Å². The van der Waals surface area contributed by atoms with E-state index in [1.807, 2.05) is 0 Å². The summed E-state index contributed by atoms with van der Waals surface area (Å²) >= 11 is 4.22. The van der Waals surface area contributed by atoms with Crippen LogP contribution in [0.3, 0.4) is 0 Å². The number of halogens is 1. The first-order valence-electron chi connectivity index (χ1n) is 5.73. The first-order valence-corrected chi connectivity index (χ1v) is 7.34. The predicted molar refractivity (Wildman–Crippen MR) is 84.1 cm³/mol. The molecule has 0 saturated carbocycles. The molecule has 2 amide bonds. The van der Waals surface area contributed by atoms with Crippen molar-refractivity contribution in [3.05, 3.63) is 27.1 Å². The van der Waals surface area contributed by atoms with Crippen molar-refractivity contribution in [2.75, 3.05) is 13.7 Å². The van der Waals surface area contributed by atoms with Gasteiger partial charge in [0.15, 0.2) is 11.5 Å². The van der Waals surface area contributed by atoms with Crippen molar-refractivity contribution in [1.29, 1.82) is 0 Å². The van der Waals surface area contributed by atoms with E-state index in [1.165, 1.54) is 7.11 Å². The number of imide groups is 1. The Hall–Kier alpha value is -1.91. The quantitative estimate of drug-likeness (QED) is 0.654. The molecule has 2 rings (SSSR count). The molecule has 0 bridgehead atoms. The molecule has 1 aromatic rings. The largest absolute Gasteiger partial charge is 0.493 e. The van der Waals surface area contributed by atoms with Gasteiger partial charge < -0.3 is 9.47 Å². The summed E-state index contributed by atoms with van der Waals surface area (Å²) in [7, 11) is 1.50. The molecule has 7 heteroatoms. The van der Waals surface area contributed by atoms with Crippen molar-refractivity contribution in [3.63, 3.8) is 0 Å². The smallest absolute Gasteiger partial charge is 0.290 e. The fraction of sp³-hybridized carbons (Fsp3) is 0.143. The van der Waals surface area contributed by atoms with E-state index < -0.39 is 5.91 Å². The second kappa shape index (κ2) is 6.70. The zero-order valence-corrected chi connectivity index (χ0v) is 13.3. The summed E-state index contributed by atoms with van der Waals surface area (Å²) in [4.78, 5) is 23.0. The molecule has 1 aliphatic heterocycles. The van der Waals surface area contributed by atoms with E-state index in [9.17, 15) is 9.59 Å². The summed E-state index contributed by atoms with van der Waals surface area (Å²) in [5.74, 6) is 2.92. The number of hydrogen-bond donors (Lipinski definition) is 1. The first-order chi connectivity index (χ1) is 10.0. The summed E-state index contributed by atoms with van der Waals surface area (Å²) < 4.78 is 11.3. The third-order valence-corrected chi connectivity index (χ3v) is 3.89. The lowest BCUT2D eigenvalue weighted by Crippen LogP contribution is -2.17. The van der Waals surface area contributed by atoms with E-state index in [0.717, 1.165) is 11.8 Å². The molecular formula is C14H10BrNO4S. The Bertz CT molecular complexity index is 678. The molecule has 0 aromatic heterocycles. The standard InChI is InChI=1S/C14H10BrNO4S/c1-3-4-20-12-9(15)5-8(6-10(12)19-2)7-11-13(17)16-14(18)21-11/h1,5-7H,4H2,2H3,(H,16,17,18). The van der Waals surface area contributed by atoms with Crippen LogP contribution in [0.15, 0.2) is 21.5 Å². The van der Waals surface area contributed by atoms with E-state index in [-0.39, 0.29) is 11.8 Å². The minimum atomic E-state index is -0.409. The molecule has 1 heterocycles. The Morgan fingerprint density at radius 1 is 1.48 bits per heavy atom. The summed E-state index contributed by atoms with van der Waals surface area (Å²) in [5, 5.41) is 1.81. The highest BCUT2D eigenvalue weighted by molar-refractivity contribution is 9.10. The van der Waals surface area contributed by atoms with Crippen molar-refractivity contribution in [2.24, 2.45) is 0 Å². The van der Waals surface area contributed by atoms with Crippen molar-refractivity contribution in [2.45, 2.75) is 0 Å². The van der Waals surface area contributed by atoms with Crippen molar-refractivity contribution >= 4 is 44.9 Å². The summed E-state index contributed by atoms with van der Waals surface area (Å²) in [6, 6.07) is 3.44. The maximum absolute atomic E-state index is 11.5. The molecule has 1 aromatic carbocycles. The number of rotatable bonds is 4. The average Bonchev–Trinajstić information content (AvgIpc) is 2.75. The zero-order chi connectivity index (χ0) is 15.4. The molecule has 0 atom stereocenters. The number of hydrogen-bond acceptors (Lipinski definition) is 5. The number of nitrogens with one attached hydrogen (secondary N) is 1. The van der Waals surface area contributed by atoms with Gasteiger partial charge in [-0.2, -0.15) is 0 Å². The molecule has 0 radical (unpaired) electrons. The van der Waals surface area contributed by atoms with E-state index in [4.69, 9.17) is 15.9 Å². The maximum Gasteiger partial charge on any atom is 0.290 e. The van der Waals surface area contributed by atoms with Crippen LogP contribution in [0, 0.1) is 12.3 Å². The molecule has 1 saturated heterocycles. The van der Waals surface area contributed by atoms with Gasteiger partial charge in [0, 0.05) is 0 Å². The highest BCUT2D eigenvalue weighted by atomic mass is 79.9. The molecule has 1 aliphatic rings. The van der Waals surface area contributed by atoms with Crippen LogP contribution in [-0.2, 0) is 4.79 Å². The number of amides is 2. The van der Waals surface area contributed by atoms with Gasteiger partial charge in [-0.25, -0.2) is 0 Å². The van der Waals surface area contributed by atoms with Crippen LogP contribution in [-0.4, -0.2) is 24.9 Å². The average molecular weight is 368 g/mol. The van der Waals surface area contributed by atoms with Gasteiger partial charge in [0.2, 0.25) is 0 Å². The van der Waals surface area contributed by atoms with Gasteiger partial charge in [-0.1, -0.05) is 5.92 Å². The van der Waals surface area contributed by atoms with E-state index in [2.05, 4.69) is 27.2 Å². The molecular weight excluding hydrogens is 358 g/mol. The van der Waals surface area contributed by atoms with Gasteiger partial charge in [0.05, 0.1) is 16.5 Å². The second-order valence-corrected chi connectivity index (χ2v) is 5.75. The maximum atomic E-state index is 11.5. The van der Waals surface area contributed by atoms with Crippen molar-refractivity contribution in [3.8, 4) is 23.8 Å². The van der Waals surface area contributed by atoms with Gasteiger partial charge in [-0.3, -0.25) is 14.9 Å². The van der Waals surface area contributed by atoms with E-state index >= 15 is 0 Å². The summed E-state index contributed by atoms with van der Waals surface area (Å²) in [6.07, 6.45) is 6.77. The minimum absolute atomic E-state index is 0.113. The van der Waals surface area contributed by atoms with E-state index in [0.29, 0.717) is 26.4 Å². The molecule has 0 spiro atoms. The number of thioether (sulfide) groups is 1. The Labute approximate surface area is 134 Å². The van der Waals surface area contributed by atoms with Crippen LogP contribution in [0.1, 0.15) is 5.56 Å². The lowest BCUT2D eigenvalue weighted by atomic mass is 10.2. The predicted octanol–water partition coefficient (Wildman–Crippen LogP) is 2.79. The van der Waals surface area contributed by atoms with Crippen LogP contribution in [0.5, 0.6) is 11.5 Å². The lowest BCUT2D eigenvalue weighted by Gasteiger charge is -2.12. The van der Waals surface area contributed by atoms with Gasteiger partial charge in [-0.05, 0) is 51.5 Å². The molecule has 108 valence electrons. The van der Waals surface area contributed by atoms with Gasteiger partial charge >= 0.3 is 0 Å². The summed E-state index contributed by atoms with van der Waals surface area (Å²) in [6.45, 7) is 0.113. The van der Waals surface area contributed by atoms with Gasteiger partial charge in [0.1, 0.15) is 6.61 Å². The highest BCUT2D eigenvalue weighted by Gasteiger charge is 2.25. The number of ether oxygens (including phenoxy) is 2. The number of benzene rings is 1. The summed E-state index contributed by atoms with van der Waals surface area (Å²) in [5.41, 5.74) is 0.694. The third-order valence-electron chi connectivity index (χ3n) is 2.49. The lowest BCUT2D eigenvalue weighted by molar-refractivity contribution is -0.115. The molecule has 0 unspecified atom stereocenters. The van der Waals surface area contributed by atoms with Crippen LogP contribution in [0.2, 0.25) is 0 Å². The minimum Gasteiger partial charge on any atom is -0.493 e. The first kappa shape index (κ1) is 15.5. The van der Waals surface area contributed by atoms with Gasteiger partial charge in [-0.15, -0.1) is 6.42 Å². The topological polar surface area (TPSA) is 64.6 Å². The Morgan fingerprint density at radius 3 is 2.81 bits per heavy atom. The normalized spacial score (nSPS) is 15.8. The van der Waals surface area contributed by atoms with E-state index in [1.54, 1.807) is 18.2 Å². The number of carbonyl (C=O) groups is 2. The van der Waals surface area contributed by atoms with Gasteiger partial charge in [0.25, 0.3) is 11.1 Å². The second-order valence-electron chi connectivity index (χ2n) is 3.88. The monoisotopic (exact) mass is 367 g/mol. The van der Waals surface area contributed by atoms with Crippen LogP contribution >= 0.6 is 27.7 Å². The number of terminal acetylenes is 1. The molecule has 0 aliphatic carbocycles. The van der Waals surface area contributed by atoms with Crippen LogP contribution in [0.4, 0.5) is 4.79 Å². The zero-order valence-electron chi connectivity index (χ0n) is 10.9. The number of carbonyl (C=O) groups excluding carboxylic acids is 2. The SMILES string of the molecule is C#CCOc1c(Br)cc(C=C2SC(=O)NC2=O)cc1OC.